The van der Waals surface area contributed by atoms with Gasteiger partial charge in [-0.25, -0.2) is 4.39 Å². The molecule has 1 aliphatic heterocycles. The van der Waals surface area contributed by atoms with Crippen LogP contribution in [0.4, 0.5) is 4.39 Å². The highest BCUT2D eigenvalue weighted by molar-refractivity contribution is 4.95. The number of halogens is 1. The van der Waals surface area contributed by atoms with E-state index in [-0.39, 0.29) is 6.61 Å². The Bertz CT molecular complexity index is 137. The molecule has 12 heavy (non-hydrogen) atoms. The second-order valence-corrected chi connectivity index (χ2v) is 3.44. The quantitative estimate of drug-likeness (QED) is 0.641. The number of nitrogens with zero attached hydrogens (tertiary/aromatic N) is 1. The van der Waals surface area contributed by atoms with E-state index in [4.69, 9.17) is 10.5 Å². The Kier molecular flexibility index (Phi) is 3.43. The highest BCUT2D eigenvalue weighted by Crippen LogP contribution is 2.25. The minimum Gasteiger partial charge on any atom is -0.381 e. The summed E-state index contributed by atoms with van der Waals surface area (Å²) in [5.74, 6) is 0. The molecule has 3 nitrogen and oxygen atoms in total. The molecule has 0 spiro atoms. The van der Waals surface area contributed by atoms with E-state index in [9.17, 15) is 4.39 Å². The number of nitrogens with two attached hydrogens (primary N) is 1. The van der Waals surface area contributed by atoms with Gasteiger partial charge in [-0.3, -0.25) is 4.90 Å². The van der Waals surface area contributed by atoms with Gasteiger partial charge in [0.1, 0.15) is 0 Å². The van der Waals surface area contributed by atoms with Crippen LogP contribution in [0.15, 0.2) is 0 Å². The van der Waals surface area contributed by atoms with E-state index in [1.807, 2.05) is 0 Å². The fourth-order valence-electron chi connectivity index (χ4n) is 1.58. The third kappa shape index (κ3) is 2.40. The number of methoxy groups -OCH3 is 1. The molecule has 2 N–H and O–H groups in total. The van der Waals surface area contributed by atoms with E-state index in [1.165, 1.54) is 7.11 Å². The van der Waals surface area contributed by atoms with Crippen molar-refractivity contribution in [2.75, 3.05) is 39.9 Å². The Hall–Kier alpha value is -0.190. The maximum atomic E-state index is 13.4. The zero-order chi connectivity index (χ0) is 9.03. The molecule has 0 bridgehead atoms. The lowest BCUT2D eigenvalue weighted by atomic mass is 9.97. The highest BCUT2D eigenvalue weighted by Gasteiger charge is 2.42. The van der Waals surface area contributed by atoms with Crippen molar-refractivity contribution in [3.8, 4) is 0 Å². The molecule has 1 rings (SSSR count). The first-order valence-electron chi connectivity index (χ1n) is 4.30. The van der Waals surface area contributed by atoms with E-state index in [2.05, 4.69) is 4.90 Å². The fourth-order valence-corrected chi connectivity index (χ4v) is 1.58. The van der Waals surface area contributed by atoms with Crippen LogP contribution in [0.3, 0.4) is 0 Å². The van der Waals surface area contributed by atoms with Crippen molar-refractivity contribution in [3.05, 3.63) is 0 Å². The molecule has 0 aromatic rings. The molecular formula is C8H17FN2O. The van der Waals surface area contributed by atoms with Crippen LogP contribution in [-0.2, 0) is 4.74 Å². The molecule has 4 heteroatoms. The Balaban J connectivity index is 2.09. The highest BCUT2D eigenvalue weighted by atomic mass is 19.1. The first-order valence-corrected chi connectivity index (χ1v) is 4.30. The number of likely N-dealkylation sites (tertiary alicyclic amines) is 1. The summed E-state index contributed by atoms with van der Waals surface area (Å²) in [5, 5.41) is 0. The Labute approximate surface area is 72.7 Å². The lowest BCUT2D eigenvalue weighted by Gasteiger charge is -2.44. The summed E-state index contributed by atoms with van der Waals surface area (Å²) in [6, 6.07) is 0. The SMILES string of the molecule is COCC1(F)CN(CCCN)C1. The summed E-state index contributed by atoms with van der Waals surface area (Å²) in [6.45, 7) is 2.81. The van der Waals surface area contributed by atoms with Crippen LogP contribution in [0.25, 0.3) is 0 Å². The predicted octanol–water partition coefficient (Wildman–Crippen LogP) is 0.00550. The molecule has 1 saturated heterocycles. The van der Waals surface area contributed by atoms with Gasteiger partial charge in [0, 0.05) is 20.2 Å². The van der Waals surface area contributed by atoms with Gasteiger partial charge < -0.3 is 10.5 Å². The van der Waals surface area contributed by atoms with Gasteiger partial charge in [0.05, 0.1) is 6.61 Å². The summed E-state index contributed by atoms with van der Waals surface area (Å²) in [7, 11) is 1.53. The van der Waals surface area contributed by atoms with Crippen molar-refractivity contribution in [1.82, 2.24) is 4.90 Å². The van der Waals surface area contributed by atoms with Gasteiger partial charge in [-0.05, 0) is 19.5 Å². The number of alkyl halides is 1. The largest absolute Gasteiger partial charge is 0.381 e. The van der Waals surface area contributed by atoms with Crippen molar-refractivity contribution in [1.29, 1.82) is 0 Å². The van der Waals surface area contributed by atoms with Crippen LogP contribution >= 0.6 is 0 Å². The molecule has 0 unspecified atom stereocenters. The van der Waals surface area contributed by atoms with Gasteiger partial charge >= 0.3 is 0 Å². The standard InChI is InChI=1S/C8H17FN2O/c1-12-7-8(9)5-11(6-8)4-2-3-10/h2-7,10H2,1H3. The lowest BCUT2D eigenvalue weighted by Crippen LogP contribution is -2.61. The minimum atomic E-state index is -1.09. The van der Waals surface area contributed by atoms with E-state index in [1.54, 1.807) is 0 Å². The van der Waals surface area contributed by atoms with Crippen molar-refractivity contribution >= 4 is 0 Å². The minimum absolute atomic E-state index is 0.214. The Morgan fingerprint density at radius 3 is 2.75 bits per heavy atom. The van der Waals surface area contributed by atoms with Crippen molar-refractivity contribution < 1.29 is 9.13 Å². The molecule has 0 aromatic heterocycles. The zero-order valence-electron chi connectivity index (χ0n) is 7.55. The van der Waals surface area contributed by atoms with Gasteiger partial charge in [0.2, 0.25) is 0 Å². The fraction of sp³-hybridized carbons (Fsp3) is 1.00. The molecule has 72 valence electrons. The molecule has 1 heterocycles. The third-order valence-corrected chi connectivity index (χ3v) is 2.10. The molecule has 0 amide bonds. The third-order valence-electron chi connectivity index (χ3n) is 2.10. The average Bonchev–Trinajstić information content (AvgIpc) is 1.97. The molecular weight excluding hydrogens is 159 g/mol. The van der Waals surface area contributed by atoms with Crippen molar-refractivity contribution in [2.45, 2.75) is 12.1 Å². The number of ether oxygens (including phenoxy) is 1. The van der Waals surface area contributed by atoms with Gasteiger partial charge in [-0.15, -0.1) is 0 Å². The van der Waals surface area contributed by atoms with Gasteiger partial charge in [-0.1, -0.05) is 0 Å². The van der Waals surface area contributed by atoms with Crippen LogP contribution in [-0.4, -0.2) is 50.5 Å². The lowest BCUT2D eigenvalue weighted by molar-refractivity contribution is -0.0767. The number of hydrogen-bond donors (Lipinski definition) is 1. The molecule has 1 aliphatic rings. The van der Waals surface area contributed by atoms with Crippen LogP contribution in [0.1, 0.15) is 6.42 Å². The second kappa shape index (κ2) is 4.16. The molecule has 1 fully saturated rings. The van der Waals surface area contributed by atoms with E-state index < -0.39 is 5.67 Å². The number of hydrogen-bond acceptors (Lipinski definition) is 3. The maximum absolute atomic E-state index is 13.4. The van der Waals surface area contributed by atoms with Crippen LogP contribution in [0, 0.1) is 0 Å². The molecule has 0 atom stereocenters. The van der Waals surface area contributed by atoms with Crippen molar-refractivity contribution in [3.63, 3.8) is 0 Å². The molecule has 0 radical (unpaired) electrons. The summed E-state index contributed by atoms with van der Waals surface area (Å²) in [4.78, 5) is 2.06. The topological polar surface area (TPSA) is 38.5 Å². The molecule has 0 aliphatic carbocycles. The zero-order valence-corrected chi connectivity index (χ0v) is 7.55. The van der Waals surface area contributed by atoms with Gasteiger partial charge in [-0.2, -0.15) is 0 Å². The van der Waals surface area contributed by atoms with Gasteiger partial charge in [0.25, 0.3) is 0 Å². The Morgan fingerprint density at radius 1 is 1.58 bits per heavy atom. The number of rotatable bonds is 5. The molecule has 0 aromatic carbocycles. The van der Waals surface area contributed by atoms with Gasteiger partial charge in [0.15, 0.2) is 5.67 Å². The first-order chi connectivity index (χ1) is 5.70. The Morgan fingerprint density at radius 2 is 2.25 bits per heavy atom. The normalized spacial score (nSPS) is 22.2. The second-order valence-electron chi connectivity index (χ2n) is 3.44. The van der Waals surface area contributed by atoms with Crippen molar-refractivity contribution in [2.24, 2.45) is 5.73 Å². The van der Waals surface area contributed by atoms with Crippen LogP contribution in [0.5, 0.6) is 0 Å². The maximum Gasteiger partial charge on any atom is 0.159 e. The van der Waals surface area contributed by atoms with E-state index in [0.29, 0.717) is 19.6 Å². The summed E-state index contributed by atoms with van der Waals surface area (Å²) < 4.78 is 18.2. The summed E-state index contributed by atoms with van der Waals surface area (Å²) >= 11 is 0. The molecule has 0 saturated carbocycles. The first kappa shape index (κ1) is 9.89. The summed E-state index contributed by atoms with van der Waals surface area (Å²) in [5.41, 5.74) is 4.24. The van der Waals surface area contributed by atoms with Crippen LogP contribution in [0.2, 0.25) is 0 Å². The average molecular weight is 176 g/mol. The summed E-state index contributed by atoms with van der Waals surface area (Å²) in [6.07, 6.45) is 0.947. The van der Waals surface area contributed by atoms with Crippen LogP contribution < -0.4 is 5.73 Å². The van der Waals surface area contributed by atoms with E-state index in [0.717, 1.165) is 13.0 Å². The van der Waals surface area contributed by atoms with E-state index >= 15 is 0 Å². The smallest absolute Gasteiger partial charge is 0.159 e. The monoisotopic (exact) mass is 176 g/mol. The predicted molar refractivity (Wildman–Crippen MR) is 45.8 cm³/mol.